The minimum atomic E-state index is -0.314. The molecule has 12 heavy (non-hydrogen) atoms. The molecule has 0 aromatic heterocycles. The molecule has 0 heterocycles. The lowest BCUT2D eigenvalue weighted by atomic mass is 10.1. The van der Waals surface area contributed by atoms with Gasteiger partial charge in [-0.3, -0.25) is 0 Å². The maximum atomic E-state index is 12.6. The number of rotatable bonds is 3. The Morgan fingerprint density at radius 3 is 2.92 bits per heavy atom. The molecule has 1 rings (SSSR count). The summed E-state index contributed by atoms with van der Waals surface area (Å²) in [5, 5.41) is 10.00. The summed E-state index contributed by atoms with van der Waals surface area (Å²) in [6.45, 7) is 0. The van der Waals surface area contributed by atoms with E-state index in [1.54, 1.807) is 0 Å². The van der Waals surface area contributed by atoms with E-state index >= 15 is 0 Å². The van der Waals surface area contributed by atoms with Gasteiger partial charge in [0.2, 0.25) is 0 Å². The van der Waals surface area contributed by atoms with Crippen LogP contribution in [0.2, 0.25) is 0 Å². The van der Waals surface area contributed by atoms with Crippen molar-refractivity contribution in [2.45, 2.75) is 6.42 Å². The molecule has 1 nitrogen and oxygen atoms in total. The molecule has 0 unspecified atom stereocenters. The molecule has 0 fully saturated rings. The first kappa shape index (κ1) is 9.52. The standard InChI is InChI=1S/C9H9BrFO/c10-5-1-2-7-6-8(11)3-4-9(7)12/h1,3-4,6,12H,2,5H2. The molecule has 1 aromatic rings. The zero-order valence-electron chi connectivity index (χ0n) is 6.43. The van der Waals surface area contributed by atoms with Crippen LogP contribution in [0.25, 0.3) is 0 Å². The van der Waals surface area contributed by atoms with Crippen molar-refractivity contribution in [1.82, 2.24) is 0 Å². The highest BCUT2D eigenvalue weighted by Gasteiger charge is 2.01. The topological polar surface area (TPSA) is 20.2 Å². The van der Waals surface area contributed by atoms with Crippen LogP contribution in [0.3, 0.4) is 0 Å². The monoisotopic (exact) mass is 231 g/mol. The molecule has 3 heteroatoms. The number of phenolic OH excluding ortho intramolecular Hbond substituents is 1. The van der Waals surface area contributed by atoms with Crippen molar-refractivity contribution in [2.75, 3.05) is 5.33 Å². The number of benzene rings is 1. The van der Waals surface area contributed by atoms with E-state index < -0.39 is 0 Å². The predicted molar refractivity (Wildman–Crippen MR) is 49.9 cm³/mol. The molecule has 0 aliphatic rings. The summed E-state index contributed by atoms with van der Waals surface area (Å²) in [6, 6.07) is 3.95. The van der Waals surface area contributed by atoms with Crippen LogP contribution in [0.1, 0.15) is 5.56 Å². The third kappa shape index (κ3) is 2.48. The van der Waals surface area contributed by atoms with E-state index in [2.05, 4.69) is 15.9 Å². The van der Waals surface area contributed by atoms with Gasteiger partial charge in [-0.25, -0.2) is 4.39 Å². The van der Waals surface area contributed by atoms with E-state index in [4.69, 9.17) is 0 Å². The molecule has 65 valence electrons. The molecule has 0 amide bonds. The fourth-order valence-corrected chi connectivity index (χ4v) is 1.16. The lowest BCUT2D eigenvalue weighted by Crippen LogP contribution is -1.89. The van der Waals surface area contributed by atoms with Crippen molar-refractivity contribution in [3.8, 4) is 5.75 Å². The lowest BCUT2D eigenvalue weighted by Gasteiger charge is -2.02. The molecule has 1 aromatic carbocycles. The maximum Gasteiger partial charge on any atom is 0.123 e. The Labute approximate surface area is 79.4 Å². The van der Waals surface area contributed by atoms with Gasteiger partial charge in [-0.15, -0.1) is 0 Å². The van der Waals surface area contributed by atoms with E-state index in [1.165, 1.54) is 18.2 Å². The largest absolute Gasteiger partial charge is 0.508 e. The average molecular weight is 232 g/mol. The number of aromatic hydroxyl groups is 1. The van der Waals surface area contributed by atoms with Gasteiger partial charge in [-0.1, -0.05) is 15.9 Å². The Morgan fingerprint density at radius 1 is 1.50 bits per heavy atom. The first-order valence-corrected chi connectivity index (χ1v) is 4.71. The Balaban J connectivity index is 2.75. The third-order valence-corrected chi connectivity index (χ3v) is 1.97. The van der Waals surface area contributed by atoms with E-state index in [1.807, 2.05) is 6.42 Å². The minimum absolute atomic E-state index is 0.147. The maximum absolute atomic E-state index is 12.6. The predicted octanol–water partition coefficient (Wildman–Crippen LogP) is 2.67. The number of phenols is 1. The molecule has 0 saturated carbocycles. The van der Waals surface area contributed by atoms with Gasteiger partial charge in [-0.05, 0) is 36.6 Å². The molecule has 1 N–H and O–H groups in total. The van der Waals surface area contributed by atoms with Crippen molar-refractivity contribution in [3.05, 3.63) is 36.0 Å². The second kappa shape index (κ2) is 4.45. The van der Waals surface area contributed by atoms with Gasteiger partial charge < -0.3 is 5.11 Å². The second-order valence-corrected chi connectivity index (χ2v) is 3.07. The highest BCUT2D eigenvalue weighted by molar-refractivity contribution is 9.09. The van der Waals surface area contributed by atoms with Gasteiger partial charge in [0, 0.05) is 5.33 Å². The van der Waals surface area contributed by atoms with Crippen LogP contribution in [0.15, 0.2) is 18.2 Å². The minimum Gasteiger partial charge on any atom is -0.508 e. The van der Waals surface area contributed by atoms with Crippen LogP contribution in [-0.4, -0.2) is 10.4 Å². The second-order valence-electron chi connectivity index (χ2n) is 2.42. The van der Waals surface area contributed by atoms with E-state index in [-0.39, 0.29) is 11.6 Å². The molecular weight excluding hydrogens is 223 g/mol. The molecule has 0 saturated heterocycles. The van der Waals surface area contributed by atoms with Crippen molar-refractivity contribution >= 4 is 15.9 Å². The van der Waals surface area contributed by atoms with Gasteiger partial charge in [0.05, 0.1) is 0 Å². The van der Waals surface area contributed by atoms with Crippen molar-refractivity contribution in [2.24, 2.45) is 0 Å². The summed E-state index contributed by atoms with van der Waals surface area (Å²) >= 11 is 3.22. The number of alkyl halides is 1. The van der Waals surface area contributed by atoms with Crippen LogP contribution >= 0.6 is 15.9 Å². The molecule has 1 radical (unpaired) electrons. The van der Waals surface area contributed by atoms with E-state index in [0.717, 1.165) is 5.33 Å². The molecule has 0 bridgehead atoms. The quantitative estimate of drug-likeness (QED) is 0.794. The van der Waals surface area contributed by atoms with Crippen LogP contribution in [0, 0.1) is 12.2 Å². The summed E-state index contributed by atoms with van der Waals surface area (Å²) in [5.74, 6) is -0.167. The van der Waals surface area contributed by atoms with Gasteiger partial charge in [0.1, 0.15) is 11.6 Å². The summed E-state index contributed by atoms with van der Waals surface area (Å²) in [4.78, 5) is 0. The molecule has 0 atom stereocenters. The van der Waals surface area contributed by atoms with Crippen molar-refractivity contribution in [1.29, 1.82) is 0 Å². The van der Waals surface area contributed by atoms with Gasteiger partial charge in [0.15, 0.2) is 0 Å². The summed E-state index contributed by atoms with van der Waals surface area (Å²) in [5.41, 5.74) is 0.620. The van der Waals surface area contributed by atoms with Crippen LogP contribution in [-0.2, 0) is 6.42 Å². The van der Waals surface area contributed by atoms with Gasteiger partial charge in [0.25, 0.3) is 0 Å². The van der Waals surface area contributed by atoms with Crippen molar-refractivity contribution in [3.63, 3.8) is 0 Å². The first-order chi connectivity index (χ1) is 5.74. The zero-order valence-corrected chi connectivity index (χ0v) is 8.01. The van der Waals surface area contributed by atoms with E-state index in [0.29, 0.717) is 12.0 Å². The molecule has 0 aliphatic carbocycles. The first-order valence-electron chi connectivity index (χ1n) is 3.59. The van der Waals surface area contributed by atoms with Gasteiger partial charge >= 0.3 is 0 Å². The fourth-order valence-electron chi connectivity index (χ4n) is 0.928. The smallest absolute Gasteiger partial charge is 0.123 e. The Kier molecular flexibility index (Phi) is 3.53. The Hall–Kier alpha value is -0.570. The summed E-state index contributed by atoms with van der Waals surface area (Å²) in [6.07, 6.45) is 2.49. The summed E-state index contributed by atoms with van der Waals surface area (Å²) < 4.78 is 12.6. The lowest BCUT2D eigenvalue weighted by molar-refractivity contribution is 0.466. The third-order valence-electron chi connectivity index (χ3n) is 1.51. The highest BCUT2D eigenvalue weighted by Crippen LogP contribution is 2.19. The van der Waals surface area contributed by atoms with Crippen LogP contribution in [0.4, 0.5) is 4.39 Å². The van der Waals surface area contributed by atoms with Crippen LogP contribution < -0.4 is 0 Å². The molecule has 0 aliphatic heterocycles. The Morgan fingerprint density at radius 2 is 2.25 bits per heavy atom. The van der Waals surface area contributed by atoms with Crippen LogP contribution in [0.5, 0.6) is 5.75 Å². The SMILES string of the molecule is Oc1ccc(F)cc1C[CH]CBr. The fraction of sp³-hybridized carbons (Fsp3) is 0.222. The number of halogens is 2. The normalized spacial score (nSPS) is 10.2. The van der Waals surface area contributed by atoms with Gasteiger partial charge in [-0.2, -0.15) is 0 Å². The number of hydrogen-bond acceptors (Lipinski definition) is 1. The van der Waals surface area contributed by atoms with Crippen molar-refractivity contribution < 1.29 is 9.50 Å². The molecule has 0 spiro atoms. The molecular formula is C9H9BrFO. The van der Waals surface area contributed by atoms with E-state index in [9.17, 15) is 9.50 Å². The average Bonchev–Trinajstić information content (AvgIpc) is 2.07. The Bertz CT molecular complexity index is 263. The number of hydrogen-bond donors (Lipinski definition) is 1. The summed E-state index contributed by atoms with van der Waals surface area (Å²) in [7, 11) is 0. The zero-order chi connectivity index (χ0) is 8.97. The highest BCUT2D eigenvalue weighted by atomic mass is 79.9.